The van der Waals surface area contributed by atoms with Gasteiger partial charge in [-0.25, -0.2) is 12.8 Å². The standard InChI is InChI=1S/C31H31FN2O6S/c1-22-9-14-29-28(16-22)31(36)24(21-40-29)18-33(17-23-6-3-2-4-7-23)30(35)20-34(19-26-8-5-15-39-26)41(37,38)27-12-10-25(32)11-13-27/h2-4,6-7,9-14,16,21,26H,5,8,15,17-20H2,1H3. The van der Waals surface area contributed by atoms with Crippen LogP contribution in [0.25, 0.3) is 11.0 Å². The summed E-state index contributed by atoms with van der Waals surface area (Å²) in [5.74, 6) is -1.06. The van der Waals surface area contributed by atoms with Crippen molar-refractivity contribution in [2.45, 2.75) is 43.9 Å². The van der Waals surface area contributed by atoms with Crippen LogP contribution in [-0.2, 0) is 32.6 Å². The molecule has 1 aliphatic rings. The molecule has 5 rings (SSSR count). The number of amides is 1. The molecule has 0 saturated carbocycles. The van der Waals surface area contributed by atoms with Crippen molar-refractivity contribution in [2.75, 3.05) is 19.7 Å². The minimum absolute atomic E-state index is 0.0258. The van der Waals surface area contributed by atoms with Gasteiger partial charge in [0, 0.05) is 19.7 Å². The van der Waals surface area contributed by atoms with Gasteiger partial charge in [0.25, 0.3) is 0 Å². The Morgan fingerprint density at radius 1 is 1.02 bits per heavy atom. The molecule has 1 fully saturated rings. The highest BCUT2D eigenvalue weighted by Crippen LogP contribution is 2.22. The molecule has 0 aliphatic carbocycles. The molecule has 0 bridgehead atoms. The number of hydrogen-bond donors (Lipinski definition) is 0. The lowest BCUT2D eigenvalue weighted by atomic mass is 10.1. The van der Waals surface area contributed by atoms with E-state index in [2.05, 4.69) is 0 Å². The average Bonchev–Trinajstić information content (AvgIpc) is 3.48. The number of carbonyl (C=O) groups excluding carboxylic acids is 1. The maximum absolute atomic E-state index is 13.9. The van der Waals surface area contributed by atoms with Gasteiger partial charge in [-0.15, -0.1) is 0 Å². The number of ether oxygens (including phenoxy) is 1. The molecule has 1 unspecified atom stereocenters. The van der Waals surface area contributed by atoms with Gasteiger partial charge in [0.05, 0.1) is 41.3 Å². The zero-order chi connectivity index (χ0) is 29.0. The number of rotatable bonds is 10. The van der Waals surface area contributed by atoms with Crippen LogP contribution < -0.4 is 5.43 Å². The number of aryl methyl sites for hydroxylation is 1. The fourth-order valence-corrected chi connectivity index (χ4v) is 6.33. The molecule has 0 spiro atoms. The third-order valence-corrected chi connectivity index (χ3v) is 8.95. The van der Waals surface area contributed by atoms with E-state index in [-0.39, 0.29) is 41.6 Å². The summed E-state index contributed by atoms with van der Waals surface area (Å²) in [5, 5.41) is 0.411. The average molecular weight is 579 g/mol. The van der Waals surface area contributed by atoms with Crippen molar-refractivity contribution in [3.05, 3.63) is 112 Å². The Bertz CT molecular complexity index is 1680. The van der Waals surface area contributed by atoms with Gasteiger partial charge < -0.3 is 14.1 Å². The summed E-state index contributed by atoms with van der Waals surface area (Å²) in [6, 6.07) is 19.1. The smallest absolute Gasteiger partial charge is 0.243 e. The largest absolute Gasteiger partial charge is 0.464 e. The molecule has 0 N–H and O–H groups in total. The van der Waals surface area contributed by atoms with E-state index in [0.29, 0.717) is 24.0 Å². The molecule has 2 heterocycles. The van der Waals surface area contributed by atoms with Gasteiger partial charge in [-0.1, -0.05) is 42.0 Å². The first-order chi connectivity index (χ1) is 19.7. The zero-order valence-corrected chi connectivity index (χ0v) is 23.5. The summed E-state index contributed by atoms with van der Waals surface area (Å²) >= 11 is 0. The Morgan fingerprint density at radius 2 is 1.78 bits per heavy atom. The molecule has 4 aromatic rings. The third-order valence-electron chi connectivity index (χ3n) is 7.12. The number of carbonyl (C=O) groups is 1. The maximum atomic E-state index is 13.9. The Labute approximate surface area is 238 Å². The summed E-state index contributed by atoms with van der Waals surface area (Å²) in [4.78, 5) is 28.6. The zero-order valence-electron chi connectivity index (χ0n) is 22.7. The summed E-state index contributed by atoms with van der Waals surface area (Å²) in [5.41, 5.74) is 2.18. The Kier molecular flexibility index (Phi) is 8.63. The summed E-state index contributed by atoms with van der Waals surface area (Å²) in [7, 11) is -4.16. The van der Waals surface area contributed by atoms with Crippen LogP contribution in [0.4, 0.5) is 4.39 Å². The first-order valence-electron chi connectivity index (χ1n) is 13.4. The van der Waals surface area contributed by atoms with E-state index in [4.69, 9.17) is 9.15 Å². The summed E-state index contributed by atoms with van der Waals surface area (Å²) < 4.78 is 53.3. The SMILES string of the molecule is Cc1ccc2occ(CN(Cc3ccccc3)C(=O)CN(CC3CCCO3)S(=O)(=O)c3ccc(F)cc3)c(=O)c2c1. The van der Waals surface area contributed by atoms with Crippen LogP contribution in [0.1, 0.15) is 29.5 Å². The normalized spacial score (nSPS) is 15.4. The van der Waals surface area contributed by atoms with Crippen molar-refractivity contribution < 1.29 is 26.8 Å². The highest BCUT2D eigenvalue weighted by Gasteiger charge is 2.32. The first-order valence-corrected chi connectivity index (χ1v) is 14.8. The molecule has 8 nitrogen and oxygen atoms in total. The second-order valence-corrected chi connectivity index (χ2v) is 12.1. The van der Waals surface area contributed by atoms with Crippen molar-refractivity contribution in [3.63, 3.8) is 0 Å². The van der Waals surface area contributed by atoms with Crippen LogP contribution in [-0.4, -0.2) is 49.3 Å². The van der Waals surface area contributed by atoms with Crippen LogP contribution >= 0.6 is 0 Å². The highest BCUT2D eigenvalue weighted by molar-refractivity contribution is 7.89. The molecule has 1 atom stereocenters. The van der Waals surface area contributed by atoms with Crippen molar-refractivity contribution >= 4 is 26.9 Å². The van der Waals surface area contributed by atoms with Gasteiger partial charge in [0.2, 0.25) is 15.9 Å². The molecule has 1 aliphatic heterocycles. The molecule has 3 aromatic carbocycles. The van der Waals surface area contributed by atoms with Crippen LogP contribution in [0, 0.1) is 12.7 Å². The van der Waals surface area contributed by atoms with E-state index < -0.39 is 28.3 Å². The van der Waals surface area contributed by atoms with Gasteiger partial charge in [-0.2, -0.15) is 4.31 Å². The van der Waals surface area contributed by atoms with E-state index in [1.54, 1.807) is 12.1 Å². The molecule has 10 heteroatoms. The maximum Gasteiger partial charge on any atom is 0.243 e. The van der Waals surface area contributed by atoms with Gasteiger partial charge in [-0.05, 0) is 61.7 Å². The predicted molar refractivity (Wildman–Crippen MR) is 152 cm³/mol. The Balaban J connectivity index is 1.47. The van der Waals surface area contributed by atoms with Gasteiger partial charge in [-0.3, -0.25) is 9.59 Å². The fraction of sp³-hybridized carbons (Fsp3) is 0.290. The second kappa shape index (κ2) is 12.3. The van der Waals surface area contributed by atoms with Gasteiger partial charge >= 0.3 is 0 Å². The summed E-state index contributed by atoms with van der Waals surface area (Å²) in [6.45, 7) is 1.95. The summed E-state index contributed by atoms with van der Waals surface area (Å²) in [6.07, 6.45) is 2.44. The van der Waals surface area contributed by atoms with Crippen molar-refractivity contribution in [1.82, 2.24) is 9.21 Å². The topological polar surface area (TPSA) is 97.1 Å². The molecule has 214 valence electrons. The number of sulfonamides is 1. The Morgan fingerprint density at radius 3 is 2.49 bits per heavy atom. The molecule has 1 saturated heterocycles. The molecule has 1 amide bonds. The molecular formula is C31H31FN2O6S. The lowest BCUT2D eigenvalue weighted by Gasteiger charge is -2.28. The van der Waals surface area contributed by atoms with Gasteiger partial charge in [0.1, 0.15) is 11.4 Å². The number of hydrogen-bond acceptors (Lipinski definition) is 6. The van der Waals surface area contributed by atoms with E-state index in [1.165, 1.54) is 23.3 Å². The molecule has 1 aromatic heterocycles. The minimum Gasteiger partial charge on any atom is -0.464 e. The highest BCUT2D eigenvalue weighted by atomic mass is 32.2. The monoisotopic (exact) mass is 578 g/mol. The van der Waals surface area contributed by atoms with Crippen LogP contribution in [0.15, 0.2) is 93.2 Å². The minimum atomic E-state index is -4.16. The van der Waals surface area contributed by atoms with E-state index in [1.807, 2.05) is 43.3 Å². The number of benzene rings is 3. The van der Waals surface area contributed by atoms with Crippen LogP contribution in [0.2, 0.25) is 0 Å². The lowest BCUT2D eigenvalue weighted by Crippen LogP contribution is -2.45. The Hall–Kier alpha value is -3.86. The number of fused-ring (bicyclic) bond motifs is 1. The molecular weight excluding hydrogens is 547 g/mol. The lowest BCUT2D eigenvalue weighted by molar-refractivity contribution is -0.132. The fourth-order valence-electron chi connectivity index (χ4n) is 4.91. The number of nitrogens with zero attached hydrogens (tertiary/aromatic N) is 2. The van der Waals surface area contributed by atoms with E-state index in [9.17, 15) is 22.4 Å². The van der Waals surface area contributed by atoms with Gasteiger partial charge in [0.15, 0.2) is 5.43 Å². The third kappa shape index (κ3) is 6.73. The quantitative estimate of drug-likeness (QED) is 0.272. The van der Waals surface area contributed by atoms with E-state index in [0.717, 1.165) is 34.0 Å². The van der Waals surface area contributed by atoms with Crippen molar-refractivity contribution in [2.24, 2.45) is 0 Å². The molecule has 0 radical (unpaired) electrons. The van der Waals surface area contributed by atoms with E-state index >= 15 is 0 Å². The predicted octanol–water partition coefficient (Wildman–Crippen LogP) is 4.64. The van der Waals surface area contributed by atoms with Crippen LogP contribution in [0.3, 0.4) is 0 Å². The van der Waals surface area contributed by atoms with Crippen molar-refractivity contribution in [1.29, 1.82) is 0 Å². The van der Waals surface area contributed by atoms with Crippen LogP contribution in [0.5, 0.6) is 0 Å². The second-order valence-electron chi connectivity index (χ2n) is 10.2. The number of halogens is 1. The molecule has 41 heavy (non-hydrogen) atoms. The first kappa shape index (κ1) is 28.7. The van der Waals surface area contributed by atoms with Crippen molar-refractivity contribution in [3.8, 4) is 0 Å².